The molecule has 2 amide bonds. The number of hydrogen-bond donors (Lipinski definition) is 1. The fraction of sp³-hybridized carbons (Fsp3) is 0.263. The van der Waals surface area contributed by atoms with Crippen LogP contribution in [0.4, 0.5) is 14.5 Å². The van der Waals surface area contributed by atoms with Crippen molar-refractivity contribution in [2.75, 3.05) is 18.4 Å². The molecule has 0 saturated heterocycles. The predicted molar refractivity (Wildman–Crippen MR) is 104 cm³/mol. The van der Waals surface area contributed by atoms with Crippen molar-refractivity contribution in [3.8, 4) is 5.75 Å². The Balaban J connectivity index is 2.06. The highest BCUT2D eigenvalue weighted by atomic mass is 35.5. The number of nitrogens with zero attached hydrogens (tertiary/aromatic N) is 1. The first-order valence-electron chi connectivity index (χ1n) is 8.39. The summed E-state index contributed by atoms with van der Waals surface area (Å²) in [5, 5.41) is 3.35. The molecule has 1 N–H and O–H groups in total. The van der Waals surface area contributed by atoms with E-state index in [1.54, 1.807) is 12.1 Å². The Morgan fingerprint density at radius 1 is 1.14 bits per heavy atom. The molecule has 0 aliphatic rings. The fourth-order valence-corrected chi connectivity index (χ4v) is 2.89. The minimum atomic E-state index is -2.94. The lowest BCUT2D eigenvalue weighted by Crippen LogP contribution is -2.38. The van der Waals surface area contributed by atoms with Gasteiger partial charge in [-0.15, -0.1) is 0 Å². The lowest BCUT2D eigenvalue weighted by Gasteiger charge is -2.22. The topological polar surface area (TPSA) is 58.6 Å². The van der Waals surface area contributed by atoms with Crippen LogP contribution in [0.3, 0.4) is 0 Å². The average Bonchev–Trinajstić information content (AvgIpc) is 2.63. The molecule has 0 aromatic heterocycles. The van der Waals surface area contributed by atoms with E-state index < -0.39 is 18.4 Å². The third-order valence-corrected chi connectivity index (χ3v) is 4.19. The summed E-state index contributed by atoms with van der Waals surface area (Å²) in [7, 11) is 0. The number of benzene rings is 2. The standard InChI is InChI=1S/C19H18Cl2F2N2O3/c1-2-9-25(11-17(26)24-16-8-5-13(20)10-15(16)21)18(27)12-3-6-14(7-4-12)28-19(22)23/h3-8,10,19H,2,9,11H2,1H3,(H,24,26). The van der Waals surface area contributed by atoms with E-state index in [9.17, 15) is 18.4 Å². The third-order valence-electron chi connectivity index (χ3n) is 3.65. The van der Waals surface area contributed by atoms with Crippen LogP contribution in [0.2, 0.25) is 10.0 Å². The van der Waals surface area contributed by atoms with Gasteiger partial charge in [-0.05, 0) is 48.9 Å². The molecule has 2 aromatic rings. The molecule has 9 heteroatoms. The second kappa shape index (κ2) is 10.2. The summed E-state index contributed by atoms with van der Waals surface area (Å²) in [4.78, 5) is 26.4. The van der Waals surface area contributed by atoms with Crippen molar-refractivity contribution in [3.05, 3.63) is 58.1 Å². The van der Waals surface area contributed by atoms with Gasteiger partial charge in [-0.1, -0.05) is 30.1 Å². The number of halogens is 4. The van der Waals surface area contributed by atoms with Crippen molar-refractivity contribution in [1.82, 2.24) is 4.90 Å². The molecule has 150 valence electrons. The normalized spacial score (nSPS) is 10.6. The molecule has 0 heterocycles. The SMILES string of the molecule is CCCN(CC(=O)Nc1ccc(Cl)cc1Cl)C(=O)c1ccc(OC(F)F)cc1. The van der Waals surface area contributed by atoms with Gasteiger partial charge in [0, 0.05) is 17.1 Å². The van der Waals surface area contributed by atoms with Crippen molar-refractivity contribution in [2.24, 2.45) is 0 Å². The van der Waals surface area contributed by atoms with Crippen molar-refractivity contribution in [3.63, 3.8) is 0 Å². The van der Waals surface area contributed by atoms with Gasteiger partial charge < -0.3 is 15.0 Å². The van der Waals surface area contributed by atoms with Crippen molar-refractivity contribution in [2.45, 2.75) is 20.0 Å². The summed E-state index contributed by atoms with van der Waals surface area (Å²) in [6, 6.07) is 9.94. The second-order valence-electron chi connectivity index (χ2n) is 5.80. The van der Waals surface area contributed by atoms with Crippen LogP contribution in [0.5, 0.6) is 5.75 Å². The zero-order valence-electron chi connectivity index (χ0n) is 14.9. The van der Waals surface area contributed by atoms with E-state index in [-0.39, 0.29) is 22.9 Å². The lowest BCUT2D eigenvalue weighted by atomic mass is 10.2. The summed E-state index contributed by atoms with van der Waals surface area (Å²) in [5.41, 5.74) is 0.640. The molecular weight excluding hydrogens is 413 g/mol. The van der Waals surface area contributed by atoms with E-state index in [4.69, 9.17) is 23.2 Å². The molecule has 0 aliphatic carbocycles. The summed E-state index contributed by atoms with van der Waals surface area (Å²) in [5.74, 6) is -0.879. The van der Waals surface area contributed by atoms with E-state index in [0.29, 0.717) is 23.7 Å². The van der Waals surface area contributed by atoms with Gasteiger partial charge in [0.05, 0.1) is 10.7 Å². The van der Waals surface area contributed by atoms with Gasteiger partial charge in [-0.2, -0.15) is 8.78 Å². The Morgan fingerprint density at radius 2 is 1.82 bits per heavy atom. The van der Waals surface area contributed by atoms with Crippen LogP contribution < -0.4 is 10.1 Å². The maximum Gasteiger partial charge on any atom is 0.387 e. The molecule has 2 aromatic carbocycles. The molecule has 0 atom stereocenters. The zero-order chi connectivity index (χ0) is 20.7. The van der Waals surface area contributed by atoms with Crippen LogP contribution in [0.15, 0.2) is 42.5 Å². The van der Waals surface area contributed by atoms with Gasteiger partial charge in [-0.3, -0.25) is 9.59 Å². The highest BCUT2D eigenvalue weighted by Crippen LogP contribution is 2.25. The highest BCUT2D eigenvalue weighted by molar-refractivity contribution is 6.36. The Hall–Kier alpha value is -2.38. The fourth-order valence-electron chi connectivity index (χ4n) is 2.44. The average molecular weight is 431 g/mol. The number of ether oxygens (including phenoxy) is 1. The van der Waals surface area contributed by atoms with Gasteiger partial charge in [0.1, 0.15) is 12.3 Å². The number of carbonyl (C=O) groups excluding carboxylic acids is 2. The number of rotatable bonds is 8. The number of alkyl halides is 2. The summed E-state index contributed by atoms with van der Waals surface area (Å²) in [6.07, 6.45) is 0.632. The van der Waals surface area contributed by atoms with Crippen LogP contribution >= 0.6 is 23.2 Å². The van der Waals surface area contributed by atoms with Crippen molar-refractivity contribution < 1.29 is 23.1 Å². The van der Waals surface area contributed by atoms with Gasteiger partial charge >= 0.3 is 6.61 Å². The molecule has 28 heavy (non-hydrogen) atoms. The maximum absolute atomic E-state index is 12.7. The molecule has 5 nitrogen and oxygen atoms in total. The quantitative estimate of drug-likeness (QED) is 0.634. The van der Waals surface area contributed by atoms with E-state index in [1.165, 1.54) is 35.2 Å². The van der Waals surface area contributed by atoms with Crippen LogP contribution in [0.25, 0.3) is 0 Å². The van der Waals surface area contributed by atoms with Crippen LogP contribution in [0, 0.1) is 0 Å². The molecule has 0 bridgehead atoms. The lowest BCUT2D eigenvalue weighted by molar-refractivity contribution is -0.116. The van der Waals surface area contributed by atoms with Crippen LogP contribution in [-0.4, -0.2) is 36.4 Å². The number of nitrogens with one attached hydrogen (secondary N) is 1. The first kappa shape index (κ1) is 21.9. The van der Waals surface area contributed by atoms with Gasteiger partial charge in [0.25, 0.3) is 5.91 Å². The van der Waals surface area contributed by atoms with E-state index in [1.807, 2.05) is 6.92 Å². The summed E-state index contributed by atoms with van der Waals surface area (Å²) in [6.45, 7) is -0.925. The van der Waals surface area contributed by atoms with E-state index in [0.717, 1.165) is 0 Å². The highest BCUT2D eigenvalue weighted by Gasteiger charge is 2.19. The smallest absolute Gasteiger partial charge is 0.387 e. The Morgan fingerprint density at radius 3 is 2.39 bits per heavy atom. The predicted octanol–water partition coefficient (Wildman–Crippen LogP) is 5.09. The molecule has 0 spiro atoms. The Bertz CT molecular complexity index is 832. The van der Waals surface area contributed by atoms with Gasteiger partial charge in [0.2, 0.25) is 5.91 Å². The number of anilines is 1. The molecule has 0 fully saturated rings. The first-order chi connectivity index (χ1) is 13.3. The monoisotopic (exact) mass is 430 g/mol. The summed E-state index contributed by atoms with van der Waals surface area (Å²) >= 11 is 11.9. The summed E-state index contributed by atoms with van der Waals surface area (Å²) < 4.78 is 28.7. The minimum Gasteiger partial charge on any atom is -0.435 e. The molecular formula is C19H18Cl2F2N2O3. The maximum atomic E-state index is 12.7. The molecule has 2 rings (SSSR count). The molecule has 0 saturated carbocycles. The first-order valence-corrected chi connectivity index (χ1v) is 9.14. The minimum absolute atomic E-state index is 0.0521. The third kappa shape index (κ3) is 6.35. The second-order valence-corrected chi connectivity index (χ2v) is 6.65. The van der Waals surface area contributed by atoms with Gasteiger partial charge in [-0.25, -0.2) is 0 Å². The largest absolute Gasteiger partial charge is 0.435 e. The molecule has 0 unspecified atom stereocenters. The van der Waals surface area contributed by atoms with Crippen LogP contribution in [-0.2, 0) is 4.79 Å². The van der Waals surface area contributed by atoms with Crippen LogP contribution in [0.1, 0.15) is 23.7 Å². The van der Waals surface area contributed by atoms with E-state index >= 15 is 0 Å². The number of carbonyl (C=O) groups is 2. The van der Waals surface area contributed by atoms with E-state index in [2.05, 4.69) is 10.1 Å². The molecule has 0 aliphatic heterocycles. The van der Waals surface area contributed by atoms with Crippen molar-refractivity contribution in [1.29, 1.82) is 0 Å². The Labute approximate surface area is 171 Å². The molecule has 0 radical (unpaired) electrons. The number of hydrogen-bond acceptors (Lipinski definition) is 3. The number of amides is 2. The Kier molecular flexibility index (Phi) is 8.02. The zero-order valence-corrected chi connectivity index (χ0v) is 16.4. The van der Waals surface area contributed by atoms with Crippen molar-refractivity contribution >= 4 is 40.7 Å². The van der Waals surface area contributed by atoms with Gasteiger partial charge in [0.15, 0.2) is 0 Å².